The molecule has 0 saturated heterocycles. The molecule has 0 aliphatic carbocycles. The van der Waals surface area contributed by atoms with Crippen molar-refractivity contribution in [3.05, 3.63) is 71.1 Å². The van der Waals surface area contributed by atoms with Gasteiger partial charge >= 0.3 is 6.18 Å². The normalized spacial score (nSPS) is 14.0. The van der Waals surface area contributed by atoms with E-state index in [1.807, 2.05) is 0 Å². The van der Waals surface area contributed by atoms with Crippen molar-refractivity contribution in [2.75, 3.05) is 0 Å². The summed E-state index contributed by atoms with van der Waals surface area (Å²) < 4.78 is 49.6. The molecule has 2 aromatic rings. The minimum atomic E-state index is -4.52. The van der Waals surface area contributed by atoms with Gasteiger partial charge in [-0.15, -0.1) is 0 Å². The van der Waals surface area contributed by atoms with Gasteiger partial charge in [0.05, 0.1) is 0 Å². The number of halogens is 3. The molecule has 1 unspecified atom stereocenters. The summed E-state index contributed by atoms with van der Waals surface area (Å²) in [7, 11) is 0. The Bertz CT molecular complexity index is 618. The van der Waals surface area contributed by atoms with Crippen molar-refractivity contribution < 1.29 is 17.7 Å². The van der Waals surface area contributed by atoms with E-state index in [2.05, 4.69) is 0 Å². The summed E-state index contributed by atoms with van der Waals surface area (Å²) in [6.45, 7) is 1.81. The fraction of sp³-hybridized carbons (Fsp3) is 0.125. The van der Waals surface area contributed by atoms with Gasteiger partial charge in [0.25, 0.3) is 0 Å². The zero-order valence-electron chi connectivity index (χ0n) is 11.3. The molecular weight excluding hydrogens is 297 g/mol. The Morgan fingerprint density at radius 3 is 2.10 bits per heavy atom. The fourth-order valence-electron chi connectivity index (χ4n) is 1.77. The molecule has 0 heterocycles. The lowest BCUT2D eigenvalue weighted by atomic mass is 10.1. The molecule has 0 aliphatic heterocycles. The van der Waals surface area contributed by atoms with Gasteiger partial charge in [-0.05, 0) is 24.6 Å². The van der Waals surface area contributed by atoms with Gasteiger partial charge in [0.2, 0.25) is 11.2 Å². The van der Waals surface area contributed by atoms with Crippen molar-refractivity contribution in [1.29, 1.82) is 0 Å². The van der Waals surface area contributed by atoms with Gasteiger partial charge in [0.1, 0.15) is 5.57 Å². The Kier molecular flexibility index (Phi) is 4.75. The third-order valence-corrected chi connectivity index (χ3v) is 4.10. The van der Waals surface area contributed by atoms with Gasteiger partial charge in [0, 0.05) is 0 Å². The molecule has 1 atom stereocenters. The van der Waals surface area contributed by atoms with E-state index >= 15 is 0 Å². The van der Waals surface area contributed by atoms with Crippen LogP contribution in [0.4, 0.5) is 13.2 Å². The van der Waals surface area contributed by atoms with Crippen LogP contribution in [-0.2, 0) is 11.2 Å². The summed E-state index contributed by atoms with van der Waals surface area (Å²) >= 11 is -1.60. The summed E-state index contributed by atoms with van der Waals surface area (Å²) in [5.74, 6) is 0. The summed E-state index contributed by atoms with van der Waals surface area (Å²) in [6, 6.07) is 14.4. The first-order chi connectivity index (χ1) is 9.88. The zero-order chi connectivity index (χ0) is 15.5. The molecule has 5 heteroatoms. The van der Waals surface area contributed by atoms with Gasteiger partial charge in [-0.3, -0.25) is 0 Å². The van der Waals surface area contributed by atoms with E-state index in [0.717, 1.165) is 11.0 Å². The van der Waals surface area contributed by atoms with Crippen molar-refractivity contribution in [2.45, 2.75) is 18.0 Å². The van der Waals surface area contributed by atoms with E-state index in [4.69, 9.17) is 0 Å². The number of alkyl halides is 3. The van der Waals surface area contributed by atoms with Crippen molar-refractivity contribution in [2.24, 2.45) is 0 Å². The number of benzene rings is 2. The maximum atomic E-state index is 13.2. The lowest BCUT2D eigenvalue weighted by molar-refractivity contribution is -0.0688. The molecule has 0 spiro atoms. The number of aryl methyl sites for hydroxylation is 1. The van der Waals surface area contributed by atoms with Gasteiger partial charge in [-0.1, -0.05) is 48.0 Å². The minimum Gasteiger partial charge on any atom is -0.176 e. The molecule has 2 rings (SSSR count). The highest BCUT2D eigenvalue weighted by molar-refractivity contribution is 7.94. The molecule has 110 valence electrons. The molecular formula is C16H14F3OS+. The van der Waals surface area contributed by atoms with E-state index in [-0.39, 0.29) is 5.56 Å². The smallest absolute Gasteiger partial charge is 0.176 e. The van der Waals surface area contributed by atoms with Crippen LogP contribution in [0.2, 0.25) is 0 Å². The molecule has 0 amide bonds. The lowest BCUT2D eigenvalue weighted by Crippen LogP contribution is -2.13. The van der Waals surface area contributed by atoms with E-state index in [9.17, 15) is 17.7 Å². The third kappa shape index (κ3) is 4.12. The first-order valence-corrected chi connectivity index (χ1v) is 7.45. The maximum absolute atomic E-state index is 13.2. The molecule has 2 aromatic carbocycles. The average molecular weight is 311 g/mol. The van der Waals surface area contributed by atoms with Crippen LogP contribution in [0.15, 0.2) is 64.9 Å². The fourth-order valence-corrected chi connectivity index (χ4v) is 2.84. The first-order valence-electron chi connectivity index (χ1n) is 6.21. The Morgan fingerprint density at radius 1 is 1.00 bits per heavy atom. The number of hydrogen-bond donors (Lipinski definition) is 1. The van der Waals surface area contributed by atoms with Gasteiger partial charge in [0.15, 0.2) is 10.3 Å². The van der Waals surface area contributed by atoms with Crippen molar-refractivity contribution in [3.63, 3.8) is 0 Å². The maximum Gasteiger partial charge on any atom is 0.421 e. The monoisotopic (exact) mass is 311 g/mol. The van der Waals surface area contributed by atoms with Crippen LogP contribution >= 0.6 is 0 Å². The molecule has 0 aliphatic rings. The van der Waals surface area contributed by atoms with Crippen LogP contribution in [0.25, 0.3) is 5.57 Å². The molecule has 0 saturated carbocycles. The summed E-state index contributed by atoms with van der Waals surface area (Å²) in [5.41, 5.74) is 0.110. The molecule has 0 fully saturated rings. The van der Waals surface area contributed by atoms with Crippen LogP contribution in [0, 0.1) is 6.92 Å². The number of rotatable bonds is 3. The molecule has 1 nitrogen and oxygen atoms in total. The standard InChI is InChI=1S/C16H14F3OS/c1-12-7-9-13(10-8-12)15(16(17,18)19)11-21(20)14-5-3-2-4-6-14/h2-11,20H,1H3/q+1/b15-11+. The topological polar surface area (TPSA) is 20.2 Å². The molecule has 21 heavy (non-hydrogen) atoms. The molecule has 0 radical (unpaired) electrons. The Balaban J connectivity index is 2.41. The zero-order valence-corrected chi connectivity index (χ0v) is 12.1. The highest BCUT2D eigenvalue weighted by Gasteiger charge is 2.38. The lowest BCUT2D eigenvalue weighted by Gasteiger charge is -2.10. The van der Waals surface area contributed by atoms with Crippen LogP contribution in [0.1, 0.15) is 11.1 Å². The van der Waals surface area contributed by atoms with Crippen LogP contribution in [0.3, 0.4) is 0 Å². The highest BCUT2D eigenvalue weighted by atomic mass is 32.2. The van der Waals surface area contributed by atoms with Crippen molar-refractivity contribution >= 4 is 16.7 Å². The summed E-state index contributed by atoms with van der Waals surface area (Å²) in [4.78, 5) is 0.450. The first kappa shape index (κ1) is 15.7. The molecule has 1 N–H and O–H groups in total. The van der Waals surface area contributed by atoms with E-state index < -0.39 is 22.9 Å². The second-order valence-electron chi connectivity index (χ2n) is 4.52. The second-order valence-corrected chi connectivity index (χ2v) is 5.86. The quantitative estimate of drug-likeness (QED) is 0.787. The Morgan fingerprint density at radius 2 is 1.57 bits per heavy atom. The van der Waals surface area contributed by atoms with Crippen LogP contribution in [0.5, 0.6) is 0 Å². The second kappa shape index (κ2) is 6.37. The SMILES string of the molecule is Cc1ccc(/C(=C\[S+](O)c2ccccc2)C(F)(F)F)cc1. The highest BCUT2D eigenvalue weighted by Crippen LogP contribution is 2.35. The van der Waals surface area contributed by atoms with Gasteiger partial charge in [-0.2, -0.15) is 17.7 Å². The average Bonchev–Trinajstić information content (AvgIpc) is 2.45. The number of hydrogen-bond acceptors (Lipinski definition) is 1. The minimum absolute atomic E-state index is 0.0515. The van der Waals surface area contributed by atoms with E-state index in [1.165, 1.54) is 12.1 Å². The summed E-state index contributed by atoms with van der Waals surface area (Å²) in [5, 5.41) is 0.875. The predicted octanol–water partition coefficient (Wildman–Crippen LogP) is 5.05. The largest absolute Gasteiger partial charge is 0.421 e. The van der Waals surface area contributed by atoms with Crippen molar-refractivity contribution in [1.82, 2.24) is 0 Å². The van der Waals surface area contributed by atoms with Crippen molar-refractivity contribution in [3.8, 4) is 0 Å². The number of allylic oxidation sites excluding steroid dienone is 1. The van der Waals surface area contributed by atoms with Crippen LogP contribution in [-0.4, -0.2) is 10.7 Å². The third-order valence-electron chi connectivity index (χ3n) is 2.88. The van der Waals surface area contributed by atoms with Gasteiger partial charge < -0.3 is 0 Å². The van der Waals surface area contributed by atoms with Gasteiger partial charge in [-0.25, -0.2) is 0 Å². The van der Waals surface area contributed by atoms with E-state index in [1.54, 1.807) is 49.4 Å². The Labute approximate surface area is 124 Å². The predicted molar refractivity (Wildman–Crippen MR) is 79.9 cm³/mol. The Hall–Kier alpha value is -1.72. The van der Waals surface area contributed by atoms with Crippen LogP contribution < -0.4 is 0 Å². The molecule has 0 aromatic heterocycles. The summed E-state index contributed by atoms with van der Waals surface area (Å²) in [6.07, 6.45) is -4.52. The van der Waals surface area contributed by atoms with E-state index in [0.29, 0.717) is 4.90 Å². The molecule has 0 bridgehead atoms.